The van der Waals surface area contributed by atoms with E-state index in [-0.39, 0.29) is 37.0 Å². The van der Waals surface area contributed by atoms with Gasteiger partial charge in [-0.3, -0.25) is 4.79 Å². The molecule has 39 heavy (non-hydrogen) atoms. The molecule has 1 saturated heterocycles. The number of benzene rings is 1. The fourth-order valence-electron chi connectivity index (χ4n) is 4.33. The first-order valence-corrected chi connectivity index (χ1v) is 15.2. The van der Waals surface area contributed by atoms with Crippen molar-refractivity contribution in [1.29, 1.82) is 0 Å². The predicted octanol–water partition coefficient (Wildman–Crippen LogP) is -1.65. The molecule has 1 fully saturated rings. The molecular weight excluding hydrogens is 615 g/mol. The molecule has 1 heterocycles. The zero-order chi connectivity index (χ0) is 29.5. The van der Waals surface area contributed by atoms with Crippen LogP contribution in [0.3, 0.4) is 0 Å². The van der Waals surface area contributed by atoms with Crippen molar-refractivity contribution in [2.24, 2.45) is 11.1 Å². The van der Waals surface area contributed by atoms with Crippen LogP contribution in [0.15, 0.2) is 30.3 Å². The molecule has 0 spiro atoms. The summed E-state index contributed by atoms with van der Waals surface area (Å²) in [5.41, 5.74) is 6.47. The third-order valence-electron chi connectivity index (χ3n) is 6.34. The number of halogens is 1. The maximum absolute atomic E-state index is 13.8. The molecule has 5 N–H and O–H groups in total. The second-order valence-electron chi connectivity index (χ2n) is 11.4. The topological polar surface area (TPSA) is 146 Å². The van der Waals surface area contributed by atoms with E-state index in [1.54, 1.807) is 7.05 Å². The number of hydrogen-bond donors (Lipinski definition) is 4. The number of ether oxygens (including phenoxy) is 1. The Labute approximate surface area is 242 Å². The molecule has 1 aliphatic rings. The van der Waals surface area contributed by atoms with Gasteiger partial charge in [0.15, 0.2) is 0 Å². The Morgan fingerprint density at radius 3 is 2.31 bits per heavy atom. The predicted molar refractivity (Wildman–Crippen MR) is 145 cm³/mol. The number of nitrogens with zero attached hydrogens (tertiary/aromatic N) is 2. The molecule has 1 aliphatic heterocycles. The van der Waals surface area contributed by atoms with E-state index in [1.807, 2.05) is 71.9 Å². The van der Waals surface area contributed by atoms with Crippen molar-refractivity contribution in [2.45, 2.75) is 75.7 Å². The van der Waals surface area contributed by atoms with Crippen LogP contribution in [0.1, 0.15) is 59.6 Å². The average molecular weight is 660 g/mol. The standard InChI is InChI=1S/C27H44IN6O5/c1-17(18-12-10-9-11-13-18)31-23(36)20-14-19(29)15-34(20)24(37)22(26(2,3)4)32-21(35)16-33(8)25(38)39-27(5,6)28-30-7/h9-13,17,19-20,22,30H,14-16,29H2,1-8H3,(H,31,36)(H,32,35)/q-1/t17-,19+,20+,22-/m1/s1. The van der Waals surface area contributed by atoms with Crippen LogP contribution in [0, 0.1) is 5.41 Å². The molecule has 0 saturated carbocycles. The number of carbonyl (C=O) groups excluding carboxylic acids is 4. The molecule has 4 atom stereocenters. The molecule has 1 aromatic rings. The van der Waals surface area contributed by atoms with Gasteiger partial charge in [0.05, 0.1) is 6.04 Å². The van der Waals surface area contributed by atoms with Crippen molar-refractivity contribution >= 4 is 23.8 Å². The van der Waals surface area contributed by atoms with E-state index in [0.29, 0.717) is 6.42 Å². The normalized spacial score (nSPS) is 19.3. The summed E-state index contributed by atoms with van der Waals surface area (Å²) in [6, 6.07) is 7.25. The van der Waals surface area contributed by atoms with Gasteiger partial charge >= 0.3 is 178 Å². The number of likely N-dealkylation sites (N-methyl/N-ethyl adjacent to an activating group) is 1. The molecule has 0 bridgehead atoms. The third-order valence-corrected chi connectivity index (χ3v) is 8.40. The summed E-state index contributed by atoms with van der Waals surface area (Å²) in [6.45, 7) is 10.9. The summed E-state index contributed by atoms with van der Waals surface area (Å²) >= 11 is -0.590. The number of nitrogens with one attached hydrogen (secondary N) is 3. The van der Waals surface area contributed by atoms with Crippen molar-refractivity contribution in [2.75, 3.05) is 27.2 Å². The molecule has 0 unspecified atom stereocenters. The molecule has 220 valence electrons. The second-order valence-corrected chi connectivity index (χ2v) is 15.6. The van der Waals surface area contributed by atoms with Crippen molar-refractivity contribution in [3.8, 4) is 0 Å². The van der Waals surface area contributed by atoms with Crippen LogP contribution in [0.25, 0.3) is 0 Å². The third kappa shape index (κ3) is 9.60. The maximum atomic E-state index is 13.8. The number of amides is 4. The quantitative estimate of drug-likeness (QED) is 0.134. The fourth-order valence-corrected chi connectivity index (χ4v) is 5.93. The summed E-state index contributed by atoms with van der Waals surface area (Å²) in [7, 11) is 3.27. The van der Waals surface area contributed by atoms with Crippen molar-refractivity contribution < 1.29 is 45.4 Å². The molecule has 1 aromatic carbocycles. The number of rotatable bonds is 10. The van der Waals surface area contributed by atoms with Crippen LogP contribution in [0.5, 0.6) is 0 Å². The summed E-state index contributed by atoms with van der Waals surface area (Å²) in [5.74, 6) is -1.19. The van der Waals surface area contributed by atoms with E-state index >= 15 is 0 Å². The Morgan fingerprint density at radius 2 is 1.74 bits per heavy atom. The van der Waals surface area contributed by atoms with E-state index in [0.717, 1.165) is 5.56 Å². The van der Waals surface area contributed by atoms with E-state index in [1.165, 1.54) is 16.8 Å². The second kappa shape index (κ2) is 13.8. The SMILES string of the molecule is CN[I-]C(C)(C)OC(=O)N(C)CC(=O)N[C@H](C(=O)N1C[C@@H](N)C[C@H]1C(=O)N[C@H](C)c1ccccc1)C(C)(C)C. The molecule has 2 rings (SSSR count). The van der Waals surface area contributed by atoms with E-state index in [2.05, 4.69) is 14.2 Å². The summed E-state index contributed by atoms with van der Waals surface area (Å²) in [5, 5.41) is 5.78. The number of alkyl halides is 1. The van der Waals surface area contributed by atoms with Crippen LogP contribution in [-0.4, -0.2) is 82.5 Å². The van der Waals surface area contributed by atoms with Crippen LogP contribution >= 0.6 is 0 Å². The average Bonchev–Trinajstić information content (AvgIpc) is 3.23. The van der Waals surface area contributed by atoms with Crippen LogP contribution in [0.4, 0.5) is 4.79 Å². The Hall–Kier alpha value is -2.45. The number of carbonyl (C=O) groups is 4. The number of hydrogen-bond acceptors (Lipinski definition) is 7. The van der Waals surface area contributed by atoms with E-state index in [4.69, 9.17) is 10.5 Å². The van der Waals surface area contributed by atoms with Gasteiger partial charge in [-0.15, -0.1) is 0 Å². The van der Waals surface area contributed by atoms with E-state index in [9.17, 15) is 19.2 Å². The minimum atomic E-state index is -0.937. The molecule has 0 aliphatic carbocycles. The summed E-state index contributed by atoms with van der Waals surface area (Å²) in [6.07, 6.45) is -0.303. The van der Waals surface area contributed by atoms with Crippen molar-refractivity contribution in [1.82, 2.24) is 24.0 Å². The van der Waals surface area contributed by atoms with Gasteiger partial charge in [0.2, 0.25) is 0 Å². The first-order chi connectivity index (χ1) is 18.1. The monoisotopic (exact) mass is 659 g/mol. The van der Waals surface area contributed by atoms with Crippen molar-refractivity contribution in [3.05, 3.63) is 35.9 Å². The number of likely N-dealkylation sites (tertiary alicyclic amines) is 1. The first-order valence-electron chi connectivity index (χ1n) is 13.0. The van der Waals surface area contributed by atoms with Crippen molar-refractivity contribution in [3.63, 3.8) is 0 Å². The molecule has 11 nitrogen and oxygen atoms in total. The van der Waals surface area contributed by atoms with Gasteiger partial charge in [0.1, 0.15) is 0 Å². The van der Waals surface area contributed by atoms with Gasteiger partial charge in [-0.05, 0) is 12.5 Å². The summed E-state index contributed by atoms with van der Waals surface area (Å²) in [4.78, 5) is 55.2. The zero-order valence-electron chi connectivity index (χ0n) is 24.2. The van der Waals surface area contributed by atoms with Crippen LogP contribution in [0.2, 0.25) is 0 Å². The minimum absolute atomic E-state index is 0.203. The molecular formula is C27H44IN6O5-. The zero-order valence-corrected chi connectivity index (χ0v) is 26.4. The Bertz CT molecular complexity index is 1020. The van der Waals surface area contributed by atoms with E-state index < -0.39 is 54.6 Å². The van der Waals surface area contributed by atoms with Gasteiger partial charge < -0.3 is 11.1 Å². The molecule has 0 radical (unpaired) electrons. The van der Waals surface area contributed by atoms with Gasteiger partial charge in [-0.1, -0.05) is 30.3 Å². The van der Waals surface area contributed by atoms with Crippen LogP contribution in [-0.2, 0) is 19.1 Å². The van der Waals surface area contributed by atoms with Gasteiger partial charge in [0, 0.05) is 0 Å². The first kappa shape index (κ1) is 32.8. The van der Waals surface area contributed by atoms with Crippen LogP contribution < -0.4 is 41.4 Å². The van der Waals surface area contributed by atoms with Gasteiger partial charge in [-0.2, -0.15) is 0 Å². The fraction of sp³-hybridized carbons (Fsp3) is 0.630. The van der Waals surface area contributed by atoms with Gasteiger partial charge in [0.25, 0.3) is 0 Å². The molecule has 12 heteroatoms. The van der Waals surface area contributed by atoms with Gasteiger partial charge in [-0.25, -0.2) is 0 Å². The Balaban J connectivity index is 2.11. The Kier molecular flexibility index (Phi) is 11.6. The molecule has 4 amide bonds. The number of nitrogens with two attached hydrogens (primary N) is 1. The Morgan fingerprint density at radius 1 is 1.13 bits per heavy atom. The molecule has 0 aromatic heterocycles. The summed E-state index contributed by atoms with van der Waals surface area (Å²) < 4.78 is 7.93.